The molecule has 1 heterocycles. The van der Waals surface area contributed by atoms with Gasteiger partial charge in [-0.1, -0.05) is 11.6 Å². The summed E-state index contributed by atoms with van der Waals surface area (Å²) in [5.41, 5.74) is 1.08. The van der Waals surface area contributed by atoms with Gasteiger partial charge in [-0.05, 0) is 53.5 Å². The number of allylic oxidation sites excluding steroid dienone is 2. The van der Waals surface area contributed by atoms with Crippen LogP contribution >= 0.6 is 0 Å². The first-order valence-electron chi connectivity index (χ1n) is 7.01. The molecule has 112 valence electrons. The summed E-state index contributed by atoms with van der Waals surface area (Å²) in [6, 6.07) is 0. The Labute approximate surface area is 120 Å². The highest BCUT2D eigenvalue weighted by molar-refractivity contribution is 6.16. The van der Waals surface area contributed by atoms with Gasteiger partial charge in [0.1, 0.15) is 11.7 Å². The van der Waals surface area contributed by atoms with E-state index in [1.54, 1.807) is 13.0 Å². The Bertz CT molecular complexity index is 443. The van der Waals surface area contributed by atoms with E-state index in [0.717, 1.165) is 12.8 Å². The smallest absolute Gasteiger partial charge is 0.341 e. The van der Waals surface area contributed by atoms with E-state index in [0.29, 0.717) is 0 Å². The predicted molar refractivity (Wildman–Crippen MR) is 77.3 cm³/mol. The first kappa shape index (κ1) is 16.6. The highest BCUT2D eigenvalue weighted by Crippen LogP contribution is 2.42. The maximum absolute atomic E-state index is 11.7. The number of ketones is 1. The van der Waals surface area contributed by atoms with Crippen molar-refractivity contribution in [1.82, 2.24) is 0 Å². The quantitative estimate of drug-likeness (QED) is 0.180. The highest BCUT2D eigenvalue weighted by Gasteiger charge is 2.50. The molecule has 1 aliphatic rings. The number of hydrogen-bond acceptors (Lipinski definition) is 4. The largest absolute Gasteiger partial charge is 0.462 e. The second kappa shape index (κ2) is 6.84. The van der Waals surface area contributed by atoms with Gasteiger partial charge in [0.05, 0.1) is 12.2 Å². The molecular weight excluding hydrogens is 256 g/mol. The van der Waals surface area contributed by atoms with Crippen molar-refractivity contribution in [3.8, 4) is 0 Å². The standard InChI is InChI=1S/C16H24O4/c1-6-19-15(18)13(12(4)17)10-14-16(5,20-14)9-7-8-11(2)3/h8,10,14H,6-7,9H2,1-5H3/b13-10+. The van der Waals surface area contributed by atoms with E-state index in [2.05, 4.69) is 19.9 Å². The minimum Gasteiger partial charge on any atom is -0.462 e. The maximum atomic E-state index is 11.7. The summed E-state index contributed by atoms with van der Waals surface area (Å²) in [7, 11) is 0. The Hall–Kier alpha value is -1.42. The Morgan fingerprint density at radius 2 is 1.95 bits per heavy atom. The van der Waals surface area contributed by atoms with E-state index in [1.165, 1.54) is 12.5 Å². The van der Waals surface area contributed by atoms with E-state index in [4.69, 9.17) is 9.47 Å². The third-order valence-corrected chi connectivity index (χ3v) is 3.33. The van der Waals surface area contributed by atoms with Crippen molar-refractivity contribution in [2.24, 2.45) is 0 Å². The van der Waals surface area contributed by atoms with E-state index < -0.39 is 5.97 Å². The van der Waals surface area contributed by atoms with Crippen LogP contribution in [0, 0.1) is 0 Å². The fourth-order valence-electron chi connectivity index (χ4n) is 2.00. The van der Waals surface area contributed by atoms with Crippen LogP contribution in [-0.2, 0) is 19.1 Å². The van der Waals surface area contributed by atoms with Crippen molar-refractivity contribution >= 4 is 11.8 Å². The van der Waals surface area contributed by atoms with Crippen LogP contribution in [0.3, 0.4) is 0 Å². The van der Waals surface area contributed by atoms with Crippen molar-refractivity contribution in [3.63, 3.8) is 0 Å². The second-order valence-electron chi connectivity index (χ2n) is 5.53. The van der Waals surface area contributed by atoms with Crippen LogP contribution in [0.2, 0.25) is 0 Å². The third-order valence-electron chi connectivity index (χ3n) is 3.33. The molecule has 2 unspecified atom stereocenters. The van der Waals surface area contributed by atoms with E-state index in [1.807, 2.05) is 6.92 Å². The van der Waals surface area contributed by atoms with Crippen molar-refractivity contribution in [2.75, 3.05) is 6.61 Å². The summed E-state index contributed by atoms with van der Waals surface area (Å²) < 4.78 is 10.5. The number of carbonyl (C=O) groups is 2. The second-order valence-corrected chi connectivity index (χ2v) is 5.53. The minimum atomic E-state index is -0.567. The van der Waals surface area contributed by atoms with Gasteiger partial charge >= 0.3 is 5.97 Å². The molecule has 20 heavy (non-hydrogen) atoms. The first-order chi connectivity index (χ1) is 9.30. The molecule has 0 aromatic rings. The summed E-state index contributed by atoms with van der Waals surface area (Å²) in [6.07, 6.45) is 5.37. The molecule has 0 N–H and O–H groups in total. The summed E-state index contributed by atoms with van der Waals surface area (Å²) in [5, 5.41) is 0. The van der Waals surface area contributed by atoms with Gasteiger partial charge < -0.3 is 9.47 Å². The van der Waals surface area contributed by atoms with Crippen LogP contribution in [0.1, 0.15) is 47.5 Å². The van der Waals surface area contributed by atoms with Crippen LogP contribution in [0.5, 0.6) is 0 Å². The molecule has 4 heteroatoms. The van der Waals surface area contributed by atoms with E-state index in [9.17, 15) is 9.59 Å². The molecule has 0 saturated carbocycles. The van der Waals surface area contributed by atoms with Gasteiger partial charge in [0.2, 0.25) is 0 Å². The molecule has 1 fully saturated rings. The van der Waals surface area contributed by atoms with Gasteiger partial charge in [-0.15, -0.1) is 0 Å². The zero-order valence-electron chi connectivity index (χ0n) is 13.0. The summed E-state index contributed by atoms with van der Waals surface area (Å²) >= 11 is 0. The average molecular weight is 280 g/mol. The van der Waals surface area contributed by atoms with Crippen LogP contribution in [0.4, 0.5) is 0 Å². The summed E-state index contributed by atoms with van der Waals surface area (Å²) in [5.74, 6) is -0.854. The number of ether oxygens (including phenoxy) is 2. The molecule has 1 aliphatic heterocycles. The number of carbonyl (C=O) groups excluding carboxylic acids is 2. The van der Waals surface area contributed by atoms with Crippen LogP contribution in [0.25, 0.3) is 0 Å². The molecule has 0 amide bonds. The number of rotatable bonds is 7. The molecule has 2 atom stereocenters. The van der Waals surface area contributed by atoms with E-state index in [-0.39, 0.29) is 29.7 Å². The number of Topliss-reactive ketones (excluding diaryl/α,β-unsaturated/α-hetero) is 1. The van der Waals surface area contributed by atoms with E-state index >= 15 is 0 Å². The molecule has 1 rings (SSSR count). The lowest BCUT2D eigenvalue weighted by Gasteiger charge is -2.04. The van der Waals surface area contributed by atoms with Crippen LogP contribution < -0.4 is 0 Å². The number of epoxide rings is 1. The molecular formula is C16H24O4. The van der Waals surface area contributed by atoms with Gasteiger partial charge in [0.15, 0.2) is 5.78 Å². The normalized spacial score (nSPS) is 25.1. The monoisotopic (exact) mass is 280 g/mol. The first-order valence-corrected chi connectivity index (χ1v) is 7.01. The molecule has 1 saturated heterocycles. The zero-order chi connectivity index (χ0) is 15.3. The molecule has 4 nitrogen and oxygen atoms in total. The molecule has 0 aromatic heterocycles. The van der Waals surface area contributed by atoms with Gasteiger partial charge in [-0.2, -0.15) is 0 Å². The summed E-state index contributed by atoms with van der Waals surface area (Å²) in [6.45, 7) is 9.45. The minimum absolute atomic E-state index is 0.0859. The SMILES string of the molecule is CCOC(=O)/C(=C/C1OC1(C)CCC=C(C)C)C(C)=O. The molecule has 0 aromatic carbocycles. The van der Waals surface area contributed by atoms with Gasteiger partial charge in [-0.25, -0.2) is 4.79 Å². The highest BCUT2D eigenvalue weighted by atomic mass is 16.6. The lowest BCUT2D eigenvalue weighted by molar-refractivity contribution is -0.139. The van der Waals surface area contributed by atoms with Crippen molar-refractivity contribution in [3.05, 3.63) is 23.3 Å². The zero-order valence-corrected chi connectivity index (χ0v) is 13.0. The third kappa shape index (κ3) is 4.60. The Morgan fingerprint density at radius 3 is 2.45 bits per heavy atom. The lowest BCUT2D eigenvalue weighted by Crippen LogP contribution is -2.16. The number of esters is 1. The Kier molecular flexibility index (Phi) is 5.69. The van der Waals surface area contributed by atoms with Gasteiger partial charge in [-0.3, -0.25) is 4.79 Å². The maximum Gasteiger partial charge on any atom is 0.341 e. The Balaban J connectivity index is 2.67. The van der Waals surface area contributed by atoms with Crippen LogP contribution in [0.15, 0.2) is 23.3 Å². The van der Waals surface area contributed by atoms with Gasteiger partial charge in [0.25, 0.3) is 0 Å². The Morgan fingerprint density at radius 1 is 1.30 bits per heavy atom. The lowest BCUT2D eigenvalue weighted by atomic mass is 9.98. The number of hydrogen-bond donors (Lipinski definition) is 0. The molecule has 0 bridgehead atoms. The molecule has 0 radical (unpaired) electrons. The molecule has 0 aliphatic carbocycles. The fraction of sp³-hybridized carbons (Fsp3) is 0.625. The van der Waals surface area contributed by atoms with Gasteiger partial charge in [0, 0.05) is 0 Å². The summed E-state index contributed by atoms with van der Waals surface area (Å²) in [4.78, 5) is 23.2. The average Bonchev–Trinajstić information content (AvgIpc) is 2.96. The van der Waals surface area contributed by atoms with Crippen molar-refractivity contribution < 1.29 is 19.1 Å². The topological polar surface area (TPSA) is 55.9 Å². The van der Waals surface area contributed by atoms with Crippen LogP contribution in [-0.4, -0.2) is 30.1 Å². The van der Waals surface area contributed by atoms with Crippen molar-refractivity contribution in [1.29, 1.82) is 0 Å². The van der Waals surface area contributed by atoms with Crippen molar-refractivity contribution in [2.45, 2.75) is 59.2 Å². The fourth-order valence-corrected chi connectivity index (χ4v) is 2.00. The predicted octanol–water partition coefficient (Wildman–Crippen LogP) is 2.97. The molecule has 0 spiro atoms.